The Kier molecular flexibility index (Phi) is 6.48. The summed E-state index contributed by atoms with van der Waals surface area (Å²) in [5, 5.41) is 19.6. The number of hydrogen-bond acceptors (Lipinski definition) is 6. The van der Waals surface area contributed by atoms with Gasteiger partial charge in [-0.2, -0.15) is 0 Å². The van der Waals surface area contributed by atoms with Gasteiger partial charge in [-0.05, 0) is 24.3 Å². The van der Waals surface area contributed by atoms with Gasteiger partial charge in [-0.25, -0.2) is 9.59 Å². The Morgan fingerprint density at radius 3 is 1.38 bits per heavy atom. The summed E-state index contributed by atoms with van der Waals surface area (Å²) in [5.41, 5.74) is 0.685. The number of aliphatic hydroxyl groups excluding tert-OH is 2. The highest BCUT2D eigenvalue weighted by atomic mass is 16.6. The fourth-order valence-electron chi connectivity index (χ4n) is 1.86. The van der Waals surface area contributed by atoms with Crippen molar-refractivity contribution in [1.29, 1.82) is 0 Å². The van der Waals surface area contributed by atoms with Gasteiger partial charge in [0.05, 0.1) is 11.1 Å². The molecule has 0 aliphatic rings. The molecule has 24 heavy (non-hydrogen) atoms. The van der Waals surface area contributed by atoms with E-state index < -0.39 is 37.4 Å². The summed E-state index contributed by atoms with van der Waals surface area (Å²) in [5.74, 6) is -1.22. The van der Waals surface area contributed by atoms with Gasteiger partial charge < -0.3 is 19.7 Å². The van der Waals surface area contributed by atoms with E-state index in [4.69, 9.17) is 9.47 Å². The van der Waals surface area contributed by atoms with Crippen molar-refractivity contribution in [1.82, 2.24) is 0 Å². The Labute approximate surface area is 139 Å². The van der Waals surface area contributed by atoms with Crippen LogP contribution in [-0.4, -0.2) is 47.6 Å². The molecule has 0 unspecified atom stereocenters. The number of carbonyl (C=O) groups is 2. The Balaban J connectivity index is 1.75. The summed E-state index contributed by atoms with van der Waals surface area (Å²) < 4.78 is 9.83. The summed E-state index contributed by atoms with van der Waals surface area (Å²) >= 11 is 0. The topological polar surface area (TPSA) is 93.1 Å². The van der Waals surface area contributed by atoms with E-state index in [1.165, 1.54) is 0 Å². The maximum absolute atomic E-state index is 11.7. The zero-order valence-corrected chi connectivity index (χ0v) is 12.9. The number of aliphatic hydroxyl groups is 2. The minimum absolute atomic E-state index is 0.342. The van der Waals surface area contributed by atoms with E-state index in [1.54, 1.807) is 60.7 Å². The van der Waals surface area contributed by atoms with Gasteiger partial charge in [-0.15, -0.1) is 0 Å². The summed E-state index contributed by atoms with van der Waals surface area (Å²) in [6, 6.07) is 16.6. The SMILES string of the molecule is O=C(OC[C@@H](O)[C@@H](O)COC(=O)c1ccccc1)c1ccccc1. The van der Waals surface area contributed by atoms with E-state index in [9.17, 15) is 19.8 Å². The molecule has 2 aromatic carbocycles. The van der Waals surface area contributed by atoms with Crippen molar-refractivity contribution >= 4 is 11.9 Å². The molecule has 6 nitrogen and oxygen atoms in total. The van der Waals surface area contributed by atoms with Gasteiger partial charge in [-0.1, -0.05) is 36.4 Å². The van der Waals surface area contributed by atoms with Gasteiger partial charge in [0, 0.05) is 0 Å². The average Bonchev–Trinajstić information content (AvgIpc) is 2.64. The lowest BCUT2D eigenvalue weighted by Gasteiger charge is -2.17. The largest absolute Gasteiger partial charge is 0.459 e. The van der Waals surface area contributed by atoms with Crippen LogP contribution in [0.2, 0.25) is 0 Å². The Bertz CT molecular complexity index is 596. The van der Waals surface area contributed by atoms with Crippen LogP contribution in [-0.2, 0) is 9.47 Å². The summed E-state index contributed by atoms with van der Waals surface area (Å²) in [6.07, 6.45) is -2.72. The molecule has 2 N–H and O–H groups in total. The number of hydrogen-bond donors (Lipinski definition) is 2. The molecule has 0 aliphatic carbocycles. The van der Waals surface area contributed by atoms with Gasteiger partial charge >= 0.3 is 11.9 Å². The van der Waals surface area contributed by atoms with Crippen LogP contribution >= 0.6 is 0 Å². The van der Waals surface area contributed by atoms with Crippen LogP contribution in [0.4, 0.5) is 0 Å². The van der Waals surface area contributed by atoms with Crippen LogP contribution in [0.1, 0.15) is 20.7 Å². The zero-order valence-electron chi connectivity index (χ0n) is 12.9. The molecule has 2 atom stereocenters. The maximum Gasteiger partial charge on any atom is 0.338 e. The second kappa shape index (κ2) is 8.81. The van der Waals surface area contributed by atoms with E-state index >= 15 is 0 Å². The van der Waals surface area contributed by atoms with E-state index in [0.29, 0.717) is 11.1 Å². The van der Waals surface area contributed by atoms with Crippen LogP contribution in [0.15, 0.2) is 60.7 Å². The molecule has 0 saturated carbocycles. The zero-order chi connectivity index (χ0) is 17.4. The van der Waals surface area contributed by atoms with Crippen LogP contribution in [0, 0.1) is 0 Å². The minimum atomic E-state index is -1.36. The molecule has 126 valence electrons. The van der Waals surface area contributed by atoms with Crippen molar-refractivity contribution in [3.63, 3.8) is 0 Å². The van der Waals surface area contributed by atoms with Crippen molar-refractivity contribution in [3.8, 4) is 0 Å². The smallest absolute Gasteiger partial charge is 0.338 e. The second-order valence-electron chi connectivity index (χ2n) is 5.06. The fraction of sp³-hybridized carbons (Fsp3) is 0.222. The molecular weight excluding hydrogens is 312 g/mol. The monoisotopic (exact) mass is 330 g/mol. The highest BCUT2D eigenvalue weighted by Gasteiger charge is 2.21. The molecule has 0 bridgehead atoms. The lowest BCUT2D eigenvalue weighted by Crippen LogP contribution is -2.35. The maximum atomic E-state index is 11.7. The van der Waals surface area contributed by atoms with Gasteiger partial charge in [-0.3, -0.25) is 0 Å². The molecule has 0 heterocycles. The molecule has 0 saturated heterocycles. The quantitative estimate of drug-likeness (QED) is 0.746. The summed E-state index contributed by atoms with van der Waals surface area (Å²) in [4.78, 5) is 23.4. The fourth-order valence-corrected chi connectivity index (χ4v) is 1.86. The van der Waals surface area contributed by atoms with Gasteiger partial charge in [0.25, 0.3) is 0 Å². The van der Waals surface area contributed by atoms with E-state index in [1.807, 2.05) is 0 Å². The molecule has 0 aromatic heterocycles. The lowest BCUT2D eigenvalue weighted by molar-refractivity contribution is -0.0529. The van der Waals surface area contributed by atoms with Gasteiger partial charge in [0.2, 0.25) is 0 Å². The van der Waals surface area contributed by atoms with Crippen molar-refractivity contribution in [2.24, 2.45) is 0 Å². The predicted octanol–water partition coefficient (Wildman–Crippen LogP) is 1.42. The average molecular weight is 330 g/mol. The summed E-state index contributed by atoms with van der Waals surface area (Å²) in [7, 11) is 0. The first-order valence-corrected chi connectivity index (χ1v) is 7.38. The predicted molar refractivity (Wildman–Crippen MR) is 85.5 cm³/mol. The first-order valence-electron chi connectivity index (χ1n) is 7.38. The molecule has 0 fully saturated rings. The van der Waals surface area contributed by atoms with E-state index in [0.717, 1.165) is 0 Å². The second-order valence-corrected chi connectivity index (χ2v) is 5.06. The summed E-state index contributed by atoms with van der Waals surface area (Å²) in [6.45, 7) is -0.810. The molecule has 0 amide bonds. The van der Waals surface area contributed by atoms with Crippen molar-refractivity contribution < 1.29 is 29.3 Å². The number of esters is 2. The third-order valence-corrected chi connectivity index (χ3v) is 3.23. The minimum Gasteiger partial charge on any atom is -0.459 e. The Morgan fingerprint density at radius 2 is 1.04 bits per heavy atom. The number of rotatable bonds is 7. The van der Waals surface area contributed by atoms with E-state index in [2.05, 4.69) is 0 Å². The van der Waals surface area contributed by atoms with Crippen molar-refractivity contribution in [2.75, 3.05) is 13.2 Å². The van der Waals surface area contributed by atoms with Crippen LogP contribution in [0.5, 0.6) is 0 Å². The molecule has 0 aliphatic heterocycles. The van der Waals surface area contributed by atoms with Crippen molar-refractivity contribution in [2.45, 2.75) is 12.2 Å². The van der Waals surface area contributed by atoms with Crippen LogP contribution < -0.4 is 0 Å². The highest BCUT2D eigenvalue weighted by Crippen LogP contribution is 2.05. The molecule has 0 radical (unpaired) electrons. The highest BCUT2D eigenvalue weighted by molar-refractivity contribution is 5.89. The Hall–Kier alpha value is -2.70. The first kappa shape index (κ1) is 17.7. The normalized spacial score (nSPS) is 12.9. The van der Waals surface area contributed by atoms with Crippen molar-refractivity contribution in [3.05, 3.63) is 71.8 Å². The number of carbonyl (C=O) groups excluding carboxylic acids is 2. The molecule has 2 rings (SSSR count). The molecule has 0 spiro atoms. The van der Waals surface area contributed by atoms with Crippen LogP contribution in [0.25, 0.3) is 0 Å². The number of ether oxygens (including phenoxy) is 2. The van der Waals surface area contributed by atoms with Gasteiger partial charge in [0.15, 0.2) is 0 Å². The molecule has 6 heteroatoms. The first-order chi connectivity index (χ1) is 11.6. The van der Waals surface area contributed by atoms with Gasteiger partial charge in [0.1, 0.15) is 25.4 Å². The third-order valence-electron chi connectivity index (χ3n) is 3.23. The number of benzene rings is 2. The van der Waals surface area contributed by atoms with E-state index in [-0.39, 0.29) is 0 Å². The lowest BCUT2D eigenvalue weighted by atomic mass is 10.2. The standard InChI is InChI=1S/C18H18O6/c19-15(11-23-17(21)13-7-3-1-4-8-13)16(20)12-24-18(22)14-9-5-2-6-10-14/h1-10,15-16,19-20H,11-12H2/t15-,16+. The molecular formula is C18H18O6. The molecule has 2 aromatic rings. The Morgan fingerprint density at radius 1 is 0.708 bits per heavy atom. The third kappa shape index (κ3) is 5.19. The van der Waals surface area contributed by atoms with Crippen LogP contribution in [0.3, 0.4) is 0 Å².